The van der Waals surface area contributed by atoms with Gasteiger partial charge in [0.1, 0.15) is 0 Å². The maximum atomic E-state index is 5.88. The lowest BCUT2D eigenvalue weighted by molar-refractivity contribution is 0.233. The molecule has 0 fully saturated rings. The number of ether oxygens (including phenoxy) is 2. The molecule has 90 valence electrons. The molecule has 0 amide bonds. The summed E-state index contributed by atoms with van der Waals surface area (Å²) in [4.78, 5) is 0. The Labute approximate surface area is 102 Å². The average molecular weight is 230 g/mol. The van der Waals surface area contributed by atoms with Crippen LogP contribution in [0.3, 0.4) is 0 Å². The van der Waals surface area contributed by atoms with E-state index in [0.29, 0.717) is 0 Å². The minimum atomic E-state index is 0.134. The van der Waals surface area contributed by atoms with Crippen molar-refractivity contribution >= 4 is 10.8 Å². The Bertz CT molecular complexity index is 530. The van der Waals surface area contributed by atoms with Crippen LogP contribution >= 0.6 is 0 Å². The number of hydrogen-bond donors (Lipinski definition) is 0. The molecule has 2 rings (SSSR count). The molecule has 0 aliphatic carbocycles. The molecule has 17 heavy (non-hydrogen) atoms. The van der Waals surface area contributed by atoms with E-state index in [4.69, 9.17) is 9.47 Å². The topological polar surface area (TPSA) is 18.5 Å². The third-order valence-corrected chi connectivity index (χ3v) is 2.66. The Morgan fingerprint density at radius 3 is 2.41 bits per heavy atom. The Kier molecular flexibility index (Phi) is 3.23. The third-order valence-electron chi connectivity index (χ3n) is 2.66. The number of fused-ring (bicyclic) bond motifs is 1. The van der Waals surface area contributed by atoms with Crippen LogP contribution in [0.25, 0.3) is 10.8 Å². The van der Waals surface area contributed by atoms with Gasteiger partial charge in [-0.1, -0.05) is 23.8 Å². The molecule has 0 N–H and O–H groups in total. The van der Waals surface area contributed by atoms with Gasteiger partial charge in [-0.3, -0.25) is 0 Å². The van der Waals surface area contributed by atoms with Gasteiger partial charge in [0.2, 0.25) is 0 Å². The standard InChI is InChI=1S/C15H18O2/c1-10(2)17-15-13-9-11(3)5-6-12(13)7-8-14(15)16-4/h5-10H,1-4H3. The minimum absolute atomic E-state index is 0.134. The zero-order valence-electron chi connectivity index (χ0n) is 10.8. The van der Waals surface area contributed by atoms with Gasteiger partial charge in [0, 0.05) is 5.39 Å². The summed E-state index contributed by atoms with van der Waals surface area (Å²) >= 11 is 0. The second-order valence-electron chi connectivity index (χ2n) is 4.49. The maximum absolute atomic E-state index is 5.88. The lowest BCUT2D eigenvalue weighted by atomic mass is 10.1. The Morgan fingerprint density at radius 1 is 1.06 bits per heavy atom. The first-order valence-electron chi connectivity index (χ1n) is 5.86. The molecule has 0 spiro atoms. The molecule has 0 heterocycles. The normalized spacial score (nSPS) is 10.9. The van der Waals surface area contributed by atoms with E-state index in [9.17, 15) is 0 Å². The monoisotopic (exact) mass is 230 g/mol. The molecule has 0 aliphatic heterocycles. The smallest absolute Gasteiger partial charge is 0.169 e. The lowest BCUT2D eigenvalue weighted by Gasteiger charge is -2.16. The predicted octanol–water partition coefficient (Wildman–Crippen LogP) is 3.94. The van der Waals surface area contributed by atoms with Gasteiger partial charge in [-0.2, -0.15) is 0 Å². The molecule has 2 aromatic carbocycles. The fourth-order valence-electron chi connectivity index (χ4n) is 1.90. The summed E-state index contributed by atoms with van der Waals surface area (Å²) in [5, 5.41) is 2.28. The molecule has 2 heteroatoms. The second kappa shape index (κ2) is 4.66. The maximum Gasteiger partial charge on any atom is 0.169 e. The van der Waals surface area contributed by atoms with Crippen molar-refractivity contribution in [2.24, 2.45) is 0 Å². The summed E-state index contributed by atoms with van der Waals surface area (Å²) in [7, 11) is 1.67. The Hall–Kier alpha value is -1.70. The highest BCUT2D eigenvalue weighted by Gasteiger charge is 2.11. The van der Waals surface area contributed by atoms with Crippen molar-refractivity contribution in [2.75, 3.05) is 7.11 Å². The molecular weight excluding hydrogens is 212 g/mol. The lowest BCUT2D eigenvalue weighted by Crippen LogP contribution is -2.07. The highest BCUT2D eigenvalue weighted by atomic mass is 16.5. The highest BCUT2D eigenvalue weighted by molar-refractivity contribution is 5.91. The van der Waals surface area contributed by atoms with Crippen LogP contribution in [0.4, 0.5) is 0 Å². The molecule has 0 aliphatic rings. The number of aryl methyl sites for hydroxylation is 1. The van der Waals surface area contributed by atoms with E-state index < -0.39 is 0 Å². The third kappa shape index (κ3) is 2.36. The van der Waals surface area contributed by atoms with E-state index in [1.807, 2.05) is 19.9 Å². The van der Waals surface area contributed by atoms with Crippen molar-refractivity contribution in [1.82, 2.24) is 0 Å². The van der Waals surface area contributed by atoms with Crippen LogP contribution in [-0.4, -0.2) is 13.2 Å². The van der Waals surface area contributed by atoms with Crippen LogP contribution in [0.2, 0.25) is 0 Å². The SMILES string of the molecule is COc1ccc2ccc(C)cc2c1OC(C)C. The number of rotatable bonds is 3. The van der Waals surface area contributed by atoms with Crippen molar-refractivity contribution < 1.29 is 9.47 Å². The van der Waals surface area contributed by atoms with E-state index in [0.717, 1.165) is 16.9 Å². The van der Waals surface area contributed by atoms with Crippen LogP contribution < -0.4 is 9.47 Å². The number of benzene rings is 2. The van der Waals surface area contributed by atoms with Crippen LogP contribution in [0.5, 0.6) is 11.5 Å². The predicted molar refractivity (Wildman–Crippen MR) is 71.0 cm³/mol. The number of hydrogen-bond acceptors (Lipinski definition) is 2. The fraction of sp³-hybridized carbons (Fsp3) is 0.333. The quantitative estimate of drug-likeness (QED) is 0.795. The first-order chi connectivity index (χ1) is 8.11. The van der Waals surface area contributed by atoms with Gasteiger partial charge in [0.15, 0.2) is 11.5 Å². The molecule has 0 bridgehead atoms. The average Bonchev–Trinajstić information content (AvgIpc) is 2.29. The van der Waals surface area contributed by atoms with E-state index in [1.54, 1.807) is 7.11 Å². The minimum Gasteiger partial charge on any atom is -0.493 e. The Balaban J connectivity index is 2.67. The van der Waals surface area contributed by atoms with Crippen LogP contribution in [0, 0.1) is 6.92 Å². The molecule has 0 saturated carbocycles. The summed E-state index contributed by atoms with van der Waals surface area (Å²) in [6, 6.07) is 10.4. The fourth-order valence-corrected chi connectivity index (χ4v) is 1.90. The summed E-state index contributed by atoms with van der Waals surface area (Å²) in [5.74, 6) is 1.63. The molecule has 0 saturated heterocycles. The van der Waals surface area contributed by atoms with Gasteiger partial charge in [-0.05, 0) is 38.3 Å². The largest absolute Gasteiger partial charge is 0.493 e. The highest BCUT2D eigenvalue weighted by Crippen LogP contribution is 2.36. The zero-order chi connectivity index (χ0) is 12.4. The van der Waals surface area contributed by atoms with E-state index >= 15 is 0 Å². The summed E-state index contributed by atoms with van der Waals surface area (Å²) in [5.41, 5.74) is 1.22. The summed E-state index contributed by atoms with van der Waals surface area (Å²) in [6.45, 7) is 6.13. The van der Waals surface area contributed by atoms with Gasteiger partial charge in [0.25, 0.3) is 0 Å². The van der Waals surface area contributed by atoms with Gasteiger partial charge >= 0.3 is 0 Å². The second-order valence-corrected chi connectivity index (χ2v) is 4.49. The molecule has 0 radical (unpaired) electrons. The van der Waals surface area contributed by atoms with Gasteiger partial charge in [-0.15, -0.1) is 0 Å². The van der Waals surface area contributed by atoms with Crippen molar-refractivity contribution in [3.8, 4) is 11.5 Å². The van der Waals surface area contributed by atoms with E-state index in [1.165, 1.54) is 10.9 Å². The first-order valence-corrected chi connectivity index (χ1v) is 5.86. The van der Waals surface area contributed by atoms with Gasteiger partial charge < -0.3 is 9.47 Å². The van der Waals surface area contributed by atoms with E-state index in [2.05, 4.69) is 31.2 Å². The van der Waals surface area contributed by atoms with Crippen LogP contribution in [-0.2, 0) is 0 Å². The summed E-state index contributed by atoms with van der Waals surface area (Å²) in [6.07, 6.45) is 0.134. The molecule has 0 unspecified atom stereocenters. The van der Waals surface area contributed by atoms with Gasteiger partial charge in [-0.25, -0.2) is 0 Å². The first kappa shape index (κ1) is 11.8. The van der Waals surface area contributed by atoms with Crippen molar-refractivity contribution in [2.45, 2.75) is 26.9 Å². The van der Waals surface area contributed by atoms with Crippen molar-refractivity contribution in [3.05, 3.63) is 35.9 Å². The molecule has 2 aromatic rings. The Morgan fingerprint density at radius 2 is 1.76 bits per heavy atom. The molecule has 0 aromatic heterocycles. The van der Waals surface area contributed by atoms with Crippen LogP contribution in [0.1, 0.15) is 19.4 Å². The van der Waals surface area contributed by atoms with Crippen molar-refractivity contribution in [1.29, 1.82) is 0 Å². The van der Waals surface area contributed by atoms with Crippen molar-refractivity contribution in [3.63, 3.8) is 0 Å². The zero-order valence-corrected chi connectivity index (χ0v) is 10.8. The molecule has 0 atom stereocenters. The number of methoxy groups -OCH3 is 1. The molecule has 2 nitrogen and oxygen atoms in total. The van der Waals surface area contributed by atoms with Crippen LogP contribution in [0.15, 0.2) is 30.3 Å². The summed E-state index contributed by atoms with van der Waals surface area (Å²) < 4.78 is 11.2. The van der Waals surface area contributed by atoms with E-state index in [-0.39, 0.29) is 6.10 Å². The van der Waals surface area contributed by atoms with Gasteiger partial charge in [0.05, 0.1) is 13.2 Å². The molecular formula is C15H18O2.